The summed E-state index contributed by atoms with van der Waals surface area (Å²) in [6.45, 7) is 3.85. The van der Waals surface area contributed by atoms with Crippen LogP contribution in [0, 0.1) is 0 Å². The molecule has 0 bridgehead atoms. The maximum Gasteiger partial charge on any atom is 0.453 e. The molecular formula is C15H16F3N7. The number of alkyl halides is 3. The monoisotopic (exact) mass is 351 g/mol. The molecule has 25 heavy (non-hydrogen) atoms. The van der Waals surface area contributed by atoms with E-state index in [9.17, 15) is 13.2 Å². The van der Waals surface area contributed by atoms with Crippen molar-refractivity contribution < 1.29 is 13.2 Å². The van der Waals surface area contributed by atoms with Gasteiger partial charge in [-0.05, 0) is 24.3 Å². The number of rotatable bonds is 3. The van der Waals surface area contributed by atoms with Crippen molar-refractivity contribution >= 4 is 11.5 Å². The van der Waals surface area contributed by atoms with Crippen LogP contribution >= 0.6 is 0 Å². The van der Waals surface area contributed by atoms with Crippen molar-refractivity contribution in [3.05, 3.63) is 42.0 Å². The molecule has 4 heterocycles. The van der Waals surface area contributed by atoms with Gasteiger partial charge in [-0.3, -0.25) is 4.90 Å². The van der Waals surface area contributed by atoms with Crippen LogP contribution in [0.1, 0.15) is 11.5 Å². The lowest BCUT2D eigenvalue weighted by atomic mass is 10.3. The third-order valence-electron chi connectivity index (χ3n) is 4.25. The van der Waals surface area contributed by atoms with Crippen molar-refractivity contribution in [3.63, 3.8) is 0 Å². The number of hydrogen-bond acceptors (Lipinski definition) is 5. The largest absolute Gasteiger partial charge is 0.453 e. The minimum atomic E-state index is -4.58. The Morgan fingerprint density at radius 1 is 1.04 bits per heavy atom. The van der Waals surface area contributed by atoms with Crippen molar-refractivity contribution in [2.45, 2.75) is 12.7 Å². The molecule has 0 spiro atoms. The van der Waals surface area contributed by atoms with Crippen LogP contribution < -0.4 is 4.90 Å². The molecule has 1 aliphatic rings. The van der Waals surface area contributed by atoms with Crippen molar-refractivity contribution in [1.82, 2.24) is 29.7 Å². The predicted molar refractivity (Wildman–Crippen MR) is 84.1 cm³/mol. The molecule has 0 amide bonds. The van der Waals surface area contributed by atoms with Crippen LogP contribution in [0.4, 0.5) is 19.0 Å². The Hall–Kier alpha value is -2.62. The van der Waals surface area contributed by atoms with E-state index < -0.39 is 12.0 Å². The van der Waals surface area contributed by atoms with Gasteiger partial charge < -0.3 is 9.88 Å². The number of fused-ring (bicyclic) bond motifs is 1. The van der Waals surface area contributed by atoms with Gasteiger partial charge in [0.25, 0.3) is 5.82 Å². The quantitative estimate of drug-likeness (QED) is 0.779. The van der Waals surface area contributed by atoms with E-state index in [0.29, 0.717) is 18.9 Å². The summed E-state index contributed by atoms with van der Waals surface area (Å²) < 4.78 is 39.7. The summed E-state index contributed by atoms with van der Waals surface area (Å²) >= 11 is 0. The minimum Gasteiger partial charge on any atom is -0.364 e. The first kappa shape index (κ1) is 15.9. The van der Waals surface area contributed by atoms with Gasteiger partial charge in [0.05, 0.1) is 0 Å². The van der Waals surface area contributed by atoms with Gasteiger partial charge in [0, 0.05) is 44.6 Å². The predicted octanol–water partition coefficient (Wildman–Crippen LogP) is 1.79. The number of piperazine rings is 1. The minimum absolute atomic E-state index is 0.0847. The first-order valence-electron chi connectivity index (χ1n) is 7.90. The Morgan fingerprint density at radius 2 is 1.84 bits per heavy atom. The van der Waals surface area contributed by atoms with Crippen molar-refractivity contribution in [2.75, 3.05) is 31.1 Å². The summed E-state index contributed by atoms with van der Waals surface area (Å²) in [6, 6.07) is 7.19. The SMILES string of the molecule is FC(F)(F)c1nnc2ccc(N3CCN(Cc4ccc[nH]4)CC3)nn12. The summed E-state index contributed by atoms with van der Waals surface area (Å²) in [6.07, 6.45) is -2.69. The van der Waals surface area contributed by atoms with Crippen LogP contribution in [0.15, 0.2) is 30.5 Å². The lowest BCUT2D eigenvalue weighted by Crippen LogP contribution is -2.46. The third-order valence-corrected chi connectivity index (χ3v) is 4.25. The second kappa shape index (κ2) is 6.03. The molecule has 0 aromatic carbocycles. The average Bonchev–Trinajstić information content (AvgIpc) is 3.23. The lowest BCUT2D eigenvalue weighted by molar-refractivity contribution is -0.146. The second-order valence-corrected chi connectivity index (χ2v) is 5.94. The fourth-order valence-electron chi connectivity index (χ4n) is 2.97. The number of halogens is 3. The fraction of sp³-hybridized carbons (Fsp3) is 0.400. The number of H-pyrrole nitrogens is 1. The van der Waals surface area contributed by atoms with Crippen LogP contribution in [0.25, 0.3) is 5.65 Å². The highest BCUT2D eigenvalue weighted by Gasteiger charge is 2.37. The topological polar surface area (TPSA) is 65.4 Å². The van der Waals surface area contributed by atoms with Crippen LogP contribution in [0.2, 0.25) is 0 Å². The number of hydrogen-bond donors (Lipinski definition) is 1. The van der Waals surface area contributed by atoms with E-state index in [1.807, 2.05) is 23.2 Å². The number of aromatic nitrogens is 5. The molecule has 0 unspecified atom stereocenters. The zero-order valence-corrected chi connectivity index (χ0v) is 13.2. The van der Waals surface area contributed by atoms with Gasteiger partial charge in [-0.15, -0.1) is 15.3 Å². The number of anilines is 1. The van der Waals surface area contributed by atoms with Gasteiger partial charge in [-0.1, -0.05) is 0 Å². The van der Waals surface area contributed by atoms with Gasteiger partial charge >= 0.3 is 6.18 Å². The van der Waals surface area contributed by atoms with Gasteiger partial charge in [-0.2, -0.15) is 17.7 Å². The number of aromatic amines is 1. The Bertz CT molecular complexity index is 848. The molecule has 0 aliphatic carbocycles. The second-order valence-electron chi connectivity index (χ2n) is 5.94. The zero-order valence-electron chi connectivity index (χ0n) is 13.2. The molecule has 132 valence electrons. The molecule has 1 aliphatic heterocycles. The maximum absolute atomic E-state index is 13.0. The van der Waals surface area contributed by atoms with Crippen molar-refractivity contribution in [2.24, 2.45) is 0 Å². The van der Waals surface area contributed by atoms with Gasteiger partial charge in [0.15, 0.2) is 5.65 Å². The van der Waals surface area contributed by atoms with Gasteiger partial charge in [0.1, 0.15) is 5.82 Å². The average molecular weight is 351 g/mol. The van der Waals surface area contributed by atoms with E-state index in [4.69, 9.17) is 0 Å². The highest BCUT2D eigenvalue weighted by atomic mass is 19.4. The van der Waals surface area contributed by atoms with Crippen LogP contribution in [-0.2, 0) is 12.7 Å². The molecule has 0 radical (unpaired) electrons. The molecule has 0 saturated carbocycles. The third kappa shape index (κ3) is 3.16. The molecule has 3 aromatic rings. The standard InChI is InChI=1S/C15H16F3N7/c16-15(17,18)14-21-20-12-3-4-13(22-25(12)14)24-8-6-23(7-9-24)10-11-2-1-5-19-11/h1-5,19H,6-10H2. The number of nitrogens with zero attached hydrogens (tertiary/aromatic N) is 6. The molecule has 1 fully saturated rings. The Balaban J connectivity index is 1.49. The molecule has 1 saturated heterocycles. The first-order valence-corrected chi connectivity index (χ1v) is 7.90. The summed E-state index contributed by atoms with van der Waals surface area (Å²) in [5.74, 6) is -0.605. The normalized spacial score (nSPS) is 16.7. The van der Waals surface area contributed by atoms with E-state index >= 15 is 0 Å². The van der Waals surface area contributed by atoms with Crippen LogP contribution in [0.5, 0.6) is 0 Å². The smallest absolute Gasteiger partial charge is 0.364 e. The van der Waals surface area contributed by atoms with Crippen molar-refractivity contribution in [3.8, 4) is 0 Å². The highest BCUT2D eigenvalue weighted by Crippen LogP contribution is 2.28. The molecule has 10 heteroatoms. The lowest BCUT2D eigenvalue weighted by Gasteiger charge is -2.35. The van der Waals surface area contributed by atoms with Gasteiger partial charge in [0.2, 0.25) is 0 Å². The summed E-state index contributed by atoms with van der Waals surface area (Å²) in [4.78, 5) is 7.44. The number of nitrogens with one attached hydrogen (secondary N) is 1. The molecule has 1 N–H and O–H groups in total. The molecule has 3 aromatic heterocycles. The highest BCUT2D eigenvalue weighted by molar-refractivity contribution is 5.46. The molecular weight excluding hydrogens is 335 g/mol. The van der Waals surface area contributed by atoms with Crippen molar-refractivity contribution in [1.29, 1.82) is 0 Å². The summed E-state index contributed by atoms with van der Waals surface area (Å²) in [5, 5.41) is 10.8. The van der Waals surface area contributed by atoms with Crippen LogP contribution in [0.3, 0.4) is 0 Å². The molecule has 7 nitrogen and oxygen atoms in total. The first-order chi connectivity index (χ1) is 12.0. The van der Waals surface area contributed by atoms with E-state index in [0.717, 1.165) is 29.8 Å². The Labute approximate surface area is 141 Å². The van der Waals surface area contributed by atoms with E-state index in [1.54, 1.807) is 6.07 Å². The van der Waals surface area contributed by atoms with E-state index in [2.05, 4.69) is 25.2 Å². The Kier molecular flexibility index (Phi) is 3.83. The zero-order chi connectivity index (χ0) is 17.4. The van der Waals surface area contributed by atoms with Gasteiger partial charge in [-0.25, -0.2) is 0 Å². The maximum atomic E-state index is 13.0. The van der Waals surface area contributed by atoms with E-state index in [-0.39, 0.29) is 5.65 Å². The molecule has 0 atom stereocenters. The summed E-state index contributed by atoms with van der Waals surface area (Å²) in [7, 11) is 0. The Morgan fingerprint density at radius 3 is 2.52 bits per heavy atom. The van der Waals surface area contributed by atoms with Crippen LogP contribution in [-0.4, -0.2) is 55.9 Å². The fourth-order valence-corrected chi connectivity index (χ4v) is 2.97. The molecule has 4 rings (SSSR count). The summed E-state index contributed by atoms with van der Waals surface area (Å²) in [5.41, 5.74) is 1.23. The van der Waals surface area contributed by atoms with E-state index in [1.165, 1.54) is 6.07 Å².